The molecule has 106 valence electrons. The first-order valence-electron chi connectivity index (χ1n) is 6.54. The van der Waals surface area contributed by atoms with E-state index in [4.69, 9.17) is 4.74 Å². The largest absolute Gasteiger partial charge is 0.379 e. The van der Waals surface area contributed by atoms with Gasteiger partial charge in [0.15, 0.2) is 0 Å². The molecule has 0 spiro atoms. The van der Waals surface area contributed by atoms with Crippen LogP contribution in [0.4, 0.5) is 0 Å². The van der Waals surface area contributed by atoms with Gasteiger partial charge in [0.05, 0.1) is 11.4 Å². The Hall–Kier alpha value is -0.800. The second-order valence-corrected chi connectivity index (χ2v) is 6.70. The number of carbonyl (C=O) groups excluding carboxylic acids is 1. The molecule has 3 heteroatoms. The van der Waals surface area contributed by atoms with Gasteiger partial charge in [0.1, 0.15) is 5.78 Å². The Kier molecular flexibility index (Phi) is 6.08. The van der Waals surface area contributed by atoms with Crippen molar-refractivity contribution in [3.05, 3.63) is 35.9 Å². The fourth-order valence-corrected chi connectivity index (χ4v) is 2.89. The summed E-state index contributed by atoms with van der Waals surface area (Å²) in [6.07, 6.45) is 2.44. The van der Waals surface area contributed by atoms with Gasteiger partial charge < -0.3 is 4.74 Å². The standard InChI is InChI=1S/C16H24O2S/c1-16(2,3)14(17)11-13(18-4)15(19-5)12-9-7-6-8-10-12/h6-10,13,15H,11H2,1-5H3/t13-,15-/m1/s1. The fourth-order valence-electron chi connectivity index (χ4n) is 1.95. The second kappa shape index (κ2) is 7.11. The summed E-state index contributed by atoms with van der Waals surface area (Å²) in [6.45, 7) is 5.87. The Morgan fingerprint density at radius 1 is 1.26 bits per heavy atom. The average molecular weight is 280 g/mol. The summed E-state index contributed by atoms with van der Waals surface area (Å²) in [7, 11) is 1.69. The Bertz CT molecular complexity index is 395. The number of rotatable bonds is 6. The number of ether oxygens (including phenoxy) is 1. The monoisotopic (exact) mass is 280 g/mol. The lowest BCUT2D eigenvalue weighted by Gasteiger charge is -2.27. The number of ketones is 1. The third kappa shape index (κ3) is 4.66. The summed E-state index contributed by atoms with van der Waals surface area (Å²) in [6, 6.07) is 10.2. The SMILES string of the molecule is CO[C@H](CC(=O)C(C)(C)C)[C@H](SC)c1ccccc1. The third-order valence-electron chi connectivity index (χ3n) is 3.25. The van der Waals surface area contributed by atoms with E-state index in [9.17, 15) is 4.79 Å². The third-order valence-corrected chi connectivity index (χ3v) is 4.33. The predicted molar refractivity (Wildman–Crippen MR) is 82.6 cm³/mol. The minimum absolute atomic E-state index is 0.0795. The van der Waals surface area contributed by atoms with Crippen molar-refractivity contribution < 1.29 is 9.53 Å². The van der Waals surface area contributed by atoms with Crippen LogP contribution in [0.25, 0.3) is 0 Å². The minimum atomic E-state index is -0.309. The Labute approximate surface area is 120 Å². The van der Waals surface area contributed by atoms with Gasteiger partial charge in [-0.25, -0.2) is 0 Å². The van der Waals surface area contributed by atoms with Crippen LogP contribution in [0.15, 0.2) is 30.3 Å². The van der Waals surface area contributed by atoms with Crippen molar-refractivity contribution in [1.29, 1.82) is 0 Å². The number of thioether (sulfide) groups is 1. The normalized spacial score (nSPS) is 15.0. The van der Waals surface area contributed by atoms with Gasteiger partial charge in [0.2, 0.25) is 0 Å². The maximum Gasteiger partial charge on any atom is 0.140 e. The molecule has 0 saturated heterocycles. The quantitative estimate of drug-likeness (QED) is 0.784. The molecule has 0 aromatic heterocycles. The molecule has 0 aliphatic carbocycles. The number of hydrogen-bond acceptors (Lipinski definition) is 3. The Balaban J connectivity index is 2.86. The topological polar surface area (TPSA) is 26.3 Å². The maximum absolute atomic E-state index is 12.2. The van der Waals surface area contributed by atoms with E-state index >= 15 is 0 Å². The highest BCUT2D eigenvalue weighted by Crippen LogP contribution is 2.34. The van der Waals surface area contributed by atoms with Gasteiger partial charge in [-0.05, 0) is 11.8 Å². The first-order chi connectivity index (χ1) is 8.90. The molecule has 0 bridgehead atoms. The van der Waals surface area contributed by atoms with E-state index in [1.807, 2.05) is 39.0 Å². The maximum atomic E-state index is 12.2. The molecular weight excluding hydrogens is 256 g/mol. The van der Waals surface area contributed by atoms with Crippen molar-refractivity contribution in [3.63, 3.8) is 0 Å². The zero-order valence-corrected chi connectivity index (χ0v) is 13.3. The predicted octanol–water partition coefficient (Wildman–Crippen LogP) is 4.11. The van der Waals surface area contributed by atoms with E-state index in [0.717, 1.165) is 0 Å². The zero-order valence-electron chi connectivity index (χ0n) is 12.5. The number of hydrogen-bond donors (Lipinski definition) is 0. The lowest BCUT2D eigenvalue weighted by atomic mass is 9.86. The Morgan fingerprint density at radius 3 is 2.26 bits per heavy atom. The smallest absolute Gasteiger partial charge is 0.140 e. The van der Waals surface area contributed by atoms with E-state index in [0.29, 0.717) is 6.42 Å². The van der Waals surface area contributed by atoms with Crippen LogP contribution in [-0.2, 0) is 9.53 Å². The van der Waals surface area contributed by atoms with Gasteiger partial charge in [-0.3, -0.25) is 4.79 Å². The average Bonchev–Trinajstić information content (AvgIpc) is 2.38. The molecule has 0 saturated carbocycles. The van der Waals surface area contributed by atoms with Crippen LogP contribution in [0.3, 0.4) is 0 Å². The number of benzene rings is 1. The molecular formula is C16H24O2S. The fraction of sp³-hybridized carbons (Fsp3) is 0.562. The highest BCUT2D eigenvalue weighted by atomic mass is 32.2. The summed E-state index contributed by atoms with van der Waals surface area (Å²) in [5, 5.41) is 0.192. The van der Waals surface area contributed by atoms with Gasteiger partial charge in [-0.15, -0.1) is 0 Å². The molecule has 1 aromatic carbocycles. The summed E-state index contributed by atoms with van der Waals surface area (Å²) in [5.41, 5.74) is 0.903. The van der Waals surface area contributed by atoms with Crippen molar-refractivity contribution in [1.82, 2.24) is 0 Å². The van der Waals surface area contributed by atoms with Crippen LogP contribution in [0, 0.1) is 5.41 Å². The van der Waals surface area contributed by atoms with Crippen molar-refractivity contribution >= 4 is 17.5 Å². The highest BCUT2D eigenvalue weighted by molar-refractivity contribution is 7.98. The summed E-state index contributed by atoms with van der Waals surface area (Å²) < 4.78 is 5.58. The lowest BCUT2D eigenvalue weighted by molar-refractivity contribution is -0.128. The molecule has 0 fully saturated rings. The van der Waals surface area contributed by atoms with Gasteiger partial charge in [-0.2, -0.15) is 11.8 Å². The van der Waals surface area contributed by atoms with Crippen LogP contribution in [0.2, 0.25) is 0 Å². The van der Waals surface area contributed by atoms with E-state index in [1.165, 1.54) is 5.56 Å². The Morgan fingerprint density at radius 2 is 1.84 bits per heavy atom. The number of Topliss-reactive ketones (excluding diaryl/α,β-unsaturated/α-hetero) is 1. The van der Waals surface area contributed by atoms with Gasteiger partial charge in [-0.1, -0.05) is 51.1 Å². The number of carbonyl (C=O) groups is 1. The van der Waals surface area contributed by atoms with Crippen LogP contribution in [0.1, 0.15) is 38.0 Å². The van der Waals surface area contributed by atoms with Crippen LogP contribution < -0.4 is 0 Å². The van der Waals surface area contributed by atoms with Crippen LogP contribution in [-0.4, -0.2) is 25.3 Å². The number of methoxy groups -OCH3 is 1. The first kappa shape index (κ1) is 16.3. The molecule has 19 heavy (non-hydrogen) atoms. The summed E-state index contributed by atoms with van der Waals surface area (Å²) >= 11 is 1.73. The van der Waals surface area contributed by atoms with E-state index in [-0.39, 0.29) is 22.6 Å². The molecule has 0 heterocycles. The lowest BCUT2D eigenvalue weighted by Crippen LogP contribution is -2.29. The molecule has 1 rings (SSSR count). The molecule has 0 N–H and O–H groups in total. The molecule has 0 aliphatic rings. The first-order valence-corrected chi connectivity index (χ1v) is 7.82. The molecule has 0 aliphatic heterocycles. The van der Waals surface area contributed by atoms with Gasteiger partial charge in [0.25, 0.3) is 0 Å². The van der Waals surface area contributed by atoms with E-state index < -0.39 is 0 Å². The van der Waals surface area contributed by atoms with Crippen LogP contribution in [0.5, 0.6) is 0 Å². The molecule has 1 aromatic rings. The van der Waals surface area contributed by atoms with E-state index in [2.05, 4.69) is 18.4 Å². The van der Waals surface area contributed by atoms with Crippen molar-refractivity contribution in [2.24, 2.45) is 5.41 Å². The van der Waals surface area contributed by atoms with Gasteiger partial charge >= 0.3 is 0 Å². The summed E-state index contributed by atoms with van der Waals surface area (Å²) in [5.74, 6) is 0.245. The molecule has 0 amide bonds. The van der Waals surface area contributed by atoms with Crippen molar-refractivity contribution in [2.45, 2.75) is 38.5 Å². The highest BCUT2D eigenvalue weighted by Gasteiger charge is 2.29. The molecule has 2 nitrogen and oxygen atoms in total. The van der Waals surface area contributed by atoms with Crippen LogP contribution >= 0.6 is 11.8 Å². The molecule has 2 atom stereocenters. The van der Waals surface area contributed by atoms with Gasteiger partial charge in [0, 0.05) is 18.9 Å². The van der Waals surface area contributed by atoms with Crippen molar-refractivity contribution in [2.75, 3.05) is 13.4 Å². The molecule has 0 radical (unpaired) electrons. The molecule has 0 unspecified atom stereocenters. The van der Waals surface area contributed by atoms with Crippen molar-refractivity contribution in [3.8, 4) is 0 Å². The second-order valence-electron chi connectivity index (χ2n) is 5.72. The minimum Gasteiger partial charge on any atom is -0.379 e. The van der Waals surface area contributed by atoms with E-state index in [1.54, 1.807) is 18.9 Å². The zero-order chi connectivity index (χ0) is 14.5. The summed E-state index contributed by atoms with van der Waals surface area (Å²) in [4.78, 5) is 12.2.